The number of nitrogens with zero attached hydrogens (tertiary/aromatic N) is 2. The Hall–Kier alpha value is -1.90. The van der Waals surface area contributed by atoms with Crippen LogP contribution in [0.25, 0.3) is 0 Å². The quantitative estimate of drug-likeness (QED) is 0.346. The van der Waals surface area contributed by atoms with Gasteiger partial charge in [-0.3, -0.25) is 4.79 Å². The van der Waals surface area contributed by atoms with Crippen molar-refractivity contribution in [1.29, 1.82) is 0 Å². The number of aryl methyl sites for hydroxylation is 1. The molecule has 3 aromatic rings. The summed E-state index contributed by atoms with van der Waals surface area (Å²) in [7, 11) is -3.96. The number of rotatable bonds is 6. The average molecular weight is 582 g/mol. The van der Waals surface area contributed by atoms with E-state index in [1.807, 2.05) is 32.0 Å². The fraction of sp³-hybridized carbons (Fsp3) is 0.240. The molecule has 1 heterocycles. The third kappa shape index (κ3) is 5.19. The van der Waals surface area contributed by atoms with Gasteiger partial charge in [-0.1, -0.05) is 62.9 Å². The SMILES string of the molecule is Cc1ccc(S(=O)(=O)N(CC(=O)N2c3ccc(Br)cc3CC2C)Cc2ccc(Cl)c(Cl)c2)cc1. The predicted molar refractivity (Wildman–Crippen MR) is 140 cm³/mol. The highest BCUT2D eigenvalue weighted by atomic mass is 79.9. The highest BCUT2D eigenvalue weighted by molar-refractivity contribution is 9.10. The lowest BCUT2D eigenvalue weighted by Crippen LogP contribution is -2.44. The van der Waals surface area contributed by atoms with Crippen molar-refractivity contribution in [3.63, 3.8) is 0 Å². The van der Waals surface area contributed by atoms with Gasteiger partial charge in [-0.25, -0.2) is 8.42 Å². The summed E-state index contributed by atoms with van der Waals surface area (Å²) >= 11 is 15.7. The lowest BCUT2D eigenvalue weighted by atomic mass is 10.1. The van der Waals surface area contributed by atoms with E-state index in [1.165, 1.54) is 4.31 Å². The topological polar surface area (TPSA) is 57.7 Å². The Morgan fingerprint density at radius 1 is 1.06 bits per heavy atom. The highest BCUT2D eigenvalue weighted by Gasteiger charge is 2.34. The number of benzene rings is 3. The first kappa shape index (κ1) is 25.2. The molecule has 1 amide bonds. The van der Waals surface area contributed by atoms with Gasteiger partial charge in [0, 0.05) is 22.7 Å². The normalized spacial score (nSPS) is 15.6. The molecule has 0 saturated heterocycles. The summed E-state index contributed by atoms with van der Waals surface area (Å²) < 4.78 is 29.4. The summed E-state index contributed by atoms with van der Waals surface area (Å²) in [6.45, 7) is 3.52. The molecule has 34 heavy (non-hydrogen) atoms. The van der Waals surface area contributed by atoms with Gasteiger partial charge < -0.3 is 4.90 Å². The number of anilines is 1. The Morgan fingerprint density at radius 2 is 1.76 bits per heavy atom. The first-order valence-electron chi connectivity index (χ1n) is 10.7. The molecular formula is C25H23BrCl2N2O3S. The Balaban J connectivity index is 1.68. The molecule has 0 aromatic heterocycles. The van der Waals surface area contributed by atoms with Crippen molar-refractivity contribution in [2.75, 3.05) is 11.4 Å². The monoisotopic (exact) mass is 580 g/mol. The molecule has 4 rings (SSSR count). The molecule has 178 valence electrons. The molecule has 0 bridgehead atoms. The molecule has 0 spiro atoms. The van der Waals surface area contributed by atoms with E-state index in [0.29, 0.717) is 22.0 Å². The van der Waals surface area contributed by atoms with Crippen molar-refractivity contribution in [2.45, 2.75) is 37.8 Å². The van der Waals surface area contributed by atoms with Crippen LogP contribution in [0.4, 0.5) is 5.69 Å². The van der Waals surface area contributed by atoms with Crippen LogP contribution < -0.4 is 4.90 Å². The van der Waals surface area contributed by atoms with E-state index in [2.05, 4.69) is 15.9 Å². The van der Waals surface area contributed by atoms with Crippen LogP contribution >= 0.6 is 39.1 Å². The van der Waals surface area contributed by atoms with Crippen LogP contribution in [0, 0.1) is 6.92 Å². The van der Waals surface area contributed by atoms with Crippen molar-refractivity contribution in [3.05, 3.63) is 91.9 Å². The third-order valence-corrected chi connectivity index (χ3v) is 8.88. The van der Waals surface area contributed by atoms with Crippen LogP contribution in [-0.2, 0) is 27.8 Å². The molecule has 5 nitrogen and oxygen atoms in total. The van der Waals surface area contributed by atoms with Gasteiger partial charge in [-0.05, 0) is 73.9 Å². The summed E-state index contributed by atoms with van der Waals surface area (Å²) in [5.74, 6) is -0.288. The molecule has 0 fully saturated rings. The third-order valence-electron chi connectivity index (χ3n) is 5.84. The van der Waals surface area contributed by atoms with Gasteiger partial charge in [0.05, 0.1) is 21.5 Å². The molecule has 3 aromatic carbocycles. The summed E-state index contributed by atoms with van der Waals surface area (Å²) in [6, 6.07) is 17.2. The van der Waals surface area contributed by atoms with E-state index in [1.54, 1.807) is 47.4 Å². The van der Waals surface area contributed by atoms with E-state index in [-0.39, 0.29) is 29.9 Å². The number of halogens is 3. The van der Waals surface area contributed by atoms with Crippen LogP contribution in [0.5, 0.6) is 0 Å². The molecule has 1 atom stereocenters. The second-order valence-corrected chi connectivity index (χ2v) is 12.1. The van der Waals surface area contributed by atoms with Crippen LogP contribution in [0.15, 0.2) is 70.0 Å². The largest absolute Gasteiger partial charge is 0.308 e. The lowest BCUT2D eigenvalue weighted by Gasteiger charge is -2.28. The van der Waals surface area contributed by atoms with E-state index >= 15 is 0 Å². The molecule has 9 heteroatoms. The van der Waals surface area contributed by atoms with Crippen LogP contribution in [-0.4, -0.2) is 31.2 Å². The van der Waals surface area contributed by atoms with Gasteiger partial charge in [0.2, 0.25) is 15.9 Å². The lowest BCUT2D eigenvalue weighted by molar-refractivity contribution is -0.119. The summed E-state index contributed by atoms with van der Waals surface area (Å²) in [5.41, 5.74) is 3.44. The number of carbonyl (C=O) groups excluding carboxylic acids is 1. The summed E-state index contributed by atoms with van der Waals surface area (Å²) in [4.78, 5) is 15.3. The van der Waals surface area contributed by atoms with E-state index in [4.69, 9.17) is 23.2 Å². The molecule has 0 aliphatic carbocycles. The fourth-order valence-electron chi connectivity index (χ4n) is 4.13. The standard InChI is InChI=1S/C25H23BrCl2N2O3S/c1-16-3-7-21(8-4-16)34(32,33)29(14-18-5-9-22(27)23(28)12-18)15-25(31)30-17(2)11-19-13-20(26)6-10-24(19)30/h3-10,12-13,17H,11,14-15H2,1-2H3. The zero-order chi connectivity index (χ0) is 24.6. The zero-order valence-electron chi connectivity index (χ0n) is 18.6. The summed E-state index contributed by atoms with van der Waals surface area (Å²) in [6.07, 6.45) is 0.706. The van der Waals surface area contributed by atoms with E-state index in [9.17, 15) is 13.2 Å². The maximum absolute atomic E-state index is 13.6. The van der Waals surface area contributed by atoms with Crippen molar-refractivity contribution < 1.29 is 13.2 Å². The Bertz CT molecular complexity index is 1350. The molecular weight excluding hydrogens is 559 g/mol. The minimum Gasteiger partial charge on any atom is -0.308 e. The zero-order valence-corrected chi connectivity index (χ0v) is 22.5. The second kappa shape index (κ2) is 9.99. The number of fused-ring (bicyclic) bond motifs is 1. The summed E-state index contributed by atoms with van der Waals surface area (Å²) in [5, 5.41) is 0.703. The van der Waals surface area contributed by atoms with Crippen LogP contribution in [0.3, 0.4) is 0 Å². The molecule has 1 aliphatic heterocycles. The van der Waals surface area contributed by atoms with Crippen molar-refractivity contribution in [3.8, 4) is 0 Å². The molecule has 1 aliphatic rings. The first-order valence-corrected chi connectivity index (χ1v) is 13.7. The minimum atomic E-state index is -3.96. The predicted octanol–water partition coefficient (Wildman–Crippen LogP) is 6.23. The van der Waals surface area contributed by atoms with Gasteiger partial charge in [0.15, 0.2) is 0 Å². The van der Waals surface area contributed by atoms with Gasteiger partial charge >= 0.3 is 0 Å². The molecule has 0 N–H and O–H groups in total. The van der Waals surface area contributed by atoms with Crippen molar-refractivity contribution in [1.82, 2.24) is 4.31 Å². The van der Waals surface area contributed by atoms with Gasteiger partial charge in [0.25, 0.3) is 0 Å². The highest BCUT2D eigenvalue weighted by Crippen LogP contribution is 2.35. The van der Waals surface area contributed by atoms with Crippen LogP contribution in [0.2, 0.25) is 10.0 Å². The Kier molecular flexibility index (Phi) is 7.41. The van der Waals surface area contributed by atoms with Gasteiger partial charge in [-0.15, -0.1) is 0 Å². The average Bonchev–Trinajstić information content (AvgIpc) is 3.10. The fourth-order valence-corrected chi connectivity index (χ4v) is 6.24. The van der Waals surface area contributed by atoms with Gasteiger partial charge in [0.1, 0.15) is 0 Å². The number of sulfonamides is 1. The Labute approximate surface area is 218 Å². The number of carbonyl (C=O) groups is 1. The van der Waals surface area contributed by atoms with E-state index in [0.717, 1.165) is 21.3 Å². The number of hydrogen-bond acceptors (Lipinski definition) is 3. The molecule has 1 unspecified atom stereocenters. The van der Waals surface area contributed by atoms with Crippen LogP contribution in [0.1, 0.15) is 23.6 Å². The number of amides is 1. The minimum absolute atomic E-state index is 0.0196. The van der Waals surface area contributed by atoms with Gasteiger partial charge in [-0.2, -0.15) is 4.31 Å². The number of hydrogen-bond donors (Lipinski definition) is 0. The van der Waals surface area contributed by atoms with E-state index < -0.39 is 10.0 Å². The molecule has 0 saturated carbocycles. The second-order valence-electron chi connectivity index (χ2n) is 8.42. The maximum Gasteiger partial charge on any atom is 0.243 e. The molecule has 0 radical (unpaired) electrons. The smallest absolute Gasteiger partial charge is 0.243 e. The van der Waals surface area contributed by atoms with Crippen molar-refractivity contribution >= 4 is 60.7 Å². The first-order chi connectivity index (χ1) is 16.1. The maximum atomic E-state index is 13.6. The van der Waals surface area contributed by atoms with Crippen molar-refractivity contribution in [2.24, 2.45) is 0 Å². The Morgan fingerprint density at radius 3 is 2.44 bits per heavy atom.